The van der Waals surface area contributed by atoms with Gasteiger partial charge in [-0.3, -0.25) is 19.3 Å². The van der Waals surface area contributed by atoms with Gasteiger partial charge in [-0.25, -0.2) is 9.59 Å². The summed E-state index contributed by atoms with van der Waals surface area (Å²) in [5.41, 5.74) is -0.633. The van der Waals surface area contributed by atoms with Crippen LogP contribution in [0.2, 0.25) is 0 Å². The predicted octanol–water partition coefficient (Wildman–Crippen LogP) is 4.37. The van der Waals surface area contributed by atoms with Crippen LogP contribution in [0.4, 0.5) is 4.79 Å². The summed E-state index contributed by atoms with van der Waals surface area (Å²) in [5, 5.41) is 7.73. The Balaban J connectivity index is 1.78. The van der Waals surface area contributed by atoms with Crippen LogP contribution in [0.5, 0.6) is 0 Å². The van der Waals surface area contributed by atoms with Crippen molar-refractivity contribution in [1.29, 1.82) is 0 Å². The number of ether oxygens (including phenoxy) is 2. The lowest BCUT2D eigenvalue weighted by Gasteiger charge is -2.37. The zero-order valence-electron chi connectivity index (χ0n) is 28.9. The zero-order chi connectivity index (χ0) is 35.1. The van der Waals surface area contributed by atoms with Gasteiger partial charge in [-0.05, 0) is 62.3 Å². The molecule has 0 aliphatic carbocycles. The molecule has 1 heterocycles. The quantitative estimate of drug-likeness (QED) is 0.273. The number of benzene rings is 2. The lowest BCUT2D eigenvalue weighted by atomic mass is 9.85. The van der Waals surface area contributed by atoms with Crippen molar-refractivity contribution < 1.29 is 33.4 Å². The van der Waals surface area contributed by atoms with E-state index in [1.54, 1.807) is 27.7 Å². The summed E-state index contributed by atoms with van der Waals surface area (Å²) in [6, 6.07) is 9.92. The van der Waals surface area contributed by atoms with Crippen molar-refractivity contribution in [2.45, 2.75) is 97.5 Å². The number of carbonyl (C=O) groups is 5. The Bertz CT molecular complexity index is 1480. The molecular formula is C36H50N4O7. The molecule has 1 aliphatic heterocycles. The molecule has 0 saturated carbocycles. The van der Waals surface area contributed by atoms with E-state index in [0.717, 1.165) is 16.3 Å². The Morgan fingerprint density at radius 2 is 1.68 bits per heavy atom. The highest BCUT2D eigenvalue weighted by molar-refractivity contribution is 5.95. The number of amides is 4. The molecule has 0 spiro atoms. The van der Waals surface area contributed by atoms with Crippen LogP contribution in [0.1, 0.15) is 66.9 Å². The second kappa shape index (κ2) is 15.5. The summed E-state index contributed by atoms with van der Waals surface area (Å²) in [6.45, 7) is 16.1. The molecule has 11 nitrogen and oxygen atoms in total. The molecule has 2 aromatic rings. The molecule has 4 unspecified atom stereocenters. The van der Waals surface area contributed by atoms with Gasteiger partial charge in [0.05, 0.1) is 0 Å². The molecule has 1 saturated heterocycles. The molecule has 0 radical (unpaired) electrons. The number of hydrogen-bond acceptors (Lipinski definition) is 7. The van der Waals surface area contributed by atoms with Crippen LogP contribution in [0.15, 0.2) is 55.1 Å². The highest BCUT2D eigenvalue weighted by atomic mass is 16.6. The Morgan fingerprint density at radius 3 is 2.30 bits per heavy atom. The highest BCUT2D eigenvalue weighted by Crippen LogP contribution is 2.27. The van der Waals surface area contributed by atoms with Gasteiger partial charge in [-0.1, -0.05) is 75.9 Å². The van der Waals surface area contributed by atoms with E-state index in [-0.39, 0.29) is 13.0 Å². The van der Waals surface area contributed by atoms with Gasteiger partial charge in [0.15, 0.2) is 0 Å². The smallest absolute Gasteiger partial charge is 0.410 e. The van der Waals surface area contributed by atoms with Crippen molar-refractivity contribution in [2.24, 2.45) is 5.41 Å². The molecule has 47 heavy (non-hydrogen) atoms. The number of nitrogens with one attached hydrogen (secondary N) is 2. The monoisotopic (exact) mass is 650 g/mol. The first-order valence-corrected chi connectivity index (χ1v) is 16.0. The Hall–Kier alpha value is -4.41. The number of likely N-dealkylation sites (N-methyl/N-ethyl adjacent to an activating group) is 1. The Morgan fingerprint density at radius 1 is 1.02 bits per heavy atom. The van der Waals surface area contributed by atoms with Gasteiger partial charge in [-0.2, -0.15) is 0 Å². The average molecular weight is 651 g/mol. The van der Waals surface area contributed by atoms with Crippen molar-refractivity contribution in [3.63, 3.8) is 0 Å². The normalized spacial score (nSPS) is 16.9. The van der Waals surface area contributed by atoms with E-state index in [4.69, 9.17) is 9.47 Å². The van der Waals surface area contributed by atoms with Gasteiger partial charge in [0.25, 0.3) is 0 Å². The van der Waals surface area contributed by atoms with Gasteiger partial charge in [0.2, 0.25) is 17.7 Å². The average Bonchev–Trinajstić information content (AvgIpc) is 3.50. The minimum atomic E-state index is -0.997. The molecule has 1 aliphatic rings. The van der Waals surface area contributed by atoms with Crippen molar-refractivity contribution in [2.75, 3.05) is 20.2 Å². The van der Waals surface area contributed by atoms with Gasteiger partial charge in [-0.15, -0.1) is 0 Å². The van der Waals surface area contributed by atoms with Crippen molar-refractivity contribution in [3.05, 3.63) is 60.7 Å². The van der Waals surface area contributed by atoms with E-state index in [1.807, 2.05) is 63.2 Å². The molecule has 0 bridgehead atoms. The summed E-state index contributed by atoms with van der Waals surface area (Å²) in [4.78, 5) is 69.5. The van der Waals surface area contributed by atoms with Crippen molar-refractivity contribution in [1.82, 2.24) is 20.4 Å². The van der Waals surface area contributed by atoms with E-state index in [1.165, 1.54) is 22.9 Å². The maximum absolute atomic E-state index is 14.1. The van der Waals surface area contributed by atoms with Crippen LogP contribution in [-0.4, -0.2) is 89.6 Å². The number of hydrogen-bond donors (Lipinski definition) is 2. The summed E-state index contributed by atoms with van der Waals surface area (Å²) in [5.74, 6) is -2.04. The molecule has 4 amide bonds. The van der Waals surface area contributed by atoms with Gasteiger partial charge < -0.3 is 25.0 Å². The number of fused-ring (bicyclic) bond motifs is 1. The van der Waals surface area contributed by atoms with Gasteiger partial charge in [0, 0.05) is 20.0 Å². The van der Waals surface area contributed by atoms with Crippen molar-refractivity contribution >= 4 is 40.6 Å². The lowest BCUT2D eigenvalue weighted by molar-refractivity contribution is -0.148. The summed E-state index contributed by atoms with van der Waals surface area (Å²) < 4.78 is 10.7. The first-order chi connectivity index (χ1) is 21.9. The fourth-order valence-corrected chi connectivity index (χ4v) is 5.35. The van der Waals surface area contributed by atoms with Gasteiger partial charge >= 0.3 is 12.1 Å². The maximum Gasteiger partial charge on any atom is 0.410 e. The predicted molar refractivity (Wildman–Crippen MR) is 180 cm³/mol. The van der Waals surface area contributed by atoms with Crippen LogP contribution in [0.25, 0.3) is 10.8 Å². The molecule has 4 atom stereocenters. The first-order valence-electron chi connectivity index (χ1n) is 16.0. The number of likely N-dealkylation sites (tertiary alicyclic amines) is 1. The fourth-order valence-electron chi connectivity index (χ4n) is 5.35. The van der Waals surface area contributed by atoms with Crippen molar-refractivity contribution in [3.8, 4) is 0 Å². The maximum atomic E-state index is 14.1. The molecule has 2 aromatic carbocycles. The van der Waals surface area contributed by atoms with Crippen LogP contribution in [-0.2, 0) is 35.1 Å². The third-order valence-corrected chi connectivity index (χ3v) is 8.08. The van der Waals surface area contributed by atoms with E-state index in [2.05, 4.69) is 17.2 Å². The fraction of sp³-hybridized carbons (Fsp3) is 0.528. The molecule has 1 fully saturated rings. The molecule has 256 valence electrons. The lowest BCUT2D eigenvalue weighted by Crippen LogP contribution is -2.60. The van der Waals surface area contributed by atoms with Crippen LogP contribution < -0.4 is 10.6 Å². The second-order valence-corrected chi connectivity index (χ2v) is 14.1. The Labute approximate surface area is 278 Å². The van der Waals surface area contributed by atoms with E-state index >= 15 is 0 Å². The highest BCUT2D eigenvalue weighted by Gasteiger charge is 2.43. The van der Waals surface area contributed by atoms with E-state index < -0.39 is 65.0 Å². The van der Waals surface area contributed by atoms with E-state index in [9.17, 15) is 24.0 Å². The first kappa shape index (κ1) is 37.1. The Kier molecular flexibility index (Phi) is 12.2. The van der Waals surface area contributed by atoms with E-state index in [0.29, 0.717) is 19.4 Å². The minimum absolute atomic E-state index is 0.00847. The molecular weight excluding hydrogens is 600 g/mol. The topological polar surface area (TPSA) is 134 Å². The van der Waals surface area contributed by atoms with Crippen LogP contribution in [0.3, 0.4) is 0 Å². The SMILES string of the molecule is C=CCOC(=O)C(Cc1ccc2ccccc2c1)NC(=O)C1CCCN1C(=O)C(NC(=O)C(C)N(C)C(=O)OC(C)(C)C)C(C)(C)C. The van der Waals surface area contributed by atoms with Crippen LogP contribution in [0, 0.1) is 5.41 Å². The standard InChI is InChI=1S/C36H50N4O7/c1-10-20-46-33(44)27(22-24-17-18-25-14-11-12-15-26(25)21-24)37-31(42)28-16-13-19-40(28)32(43)29(35(3,4)5)38-30(41)23(2)39(9)34(45)47-36(6,7)8/h10-12,14-15,17-18,21,23,27-29H,1,13,16,19-20,22H2,2-9H3,(H,37,42)(H,38,41). The summed E-state index contributed by atoms with van der Waals surface area (Å²) in [6.07, 6.45) is 1.95. The number of nitrogens with zero attached hydrogens (tertiary/aromatic N) is 2. The number of rotatable bonds is 11. The zero-order valence-corrected chi connectivity index (χ0v) is 28.9. The molecule has 3 rings (SSSR count). The number of esters is 1. The van der Waals surface area contributed by atoms with Gasteiger partial charge in [0.1, 0.15) is 36.4 Å². The molecule has 0 aromatic heterocycles. The third-order valence-electron chi connectivity index (χ3n) is 8.08. The second-order valence-electron chi connectivity index (χ2n) is 14.1. The summed E-state index contributed by atoms with van der Waals surface area (Å²) in [7, 11) is 1.46. The minimum Gasteiger partial charge on any atom is -0.460 e. The largest absolute Gasteiger partial charge is 0.460 e. The molecule has 11 heteroatoms. The number of carbonyl (C=O) groups excluding carboxylic acids is 5. The molecule has 2 N–H and O–H groups in total. The third kappa shape index (κ3) is 10.0. The summed E-state index contributed by atoms with van der Waals surface area (Å²) >= 11 is 0. The van der Waals surface area contributed by atoms with Crippen LogP contribution >= 0.6 is 0 Å².